The van der Waals surface area contributed by atoms with Crippen molar-refractivity contribution >= 4 is 8.78 Å². The van der Waals surface area contributed by atoms with E-state index in [0.29, 0.717) is 3.63 Å². The van der Waals surface area contributed by atoms with Crippen molar-refractivity contribution in [3.8, 4) is 11.1 Å². The molecule has 56 heavy (non-hydrogen) atoms. The molecule has 0 spiro atoms. The van der Waals surface area contributed by atoms with E-state index in [0.717, 1.165) is 12.8 Å². The third-order valence-corrected chi connectivity index (χ3v) is 23.4. The van der Waals surface area contributed by atoms with Crippen molar-refractivity contribution in [3.05, 3.63) is 181 Å². The first-order chi connectivity index (χ1) is 25.7. The summed E-state index contributed by atoms with van der Waals surface area (Å²) in [6.45, 7) is 20.3. The van der Waals surface area contributed by atoms with Gasteiger partial charge in [-0.3, -0.25) is 0 Å². The number of halogens is 2. The SMILES string of the molecule is CC1(C)CCC(C)(C)c2cc3c(cc21)Cc1cc2c(cc1-3)C(C)(C)C[CH]([Zr+2]([C]1=CC(c3ccccc3)=CC1)=[C](c1ccccc1)c1ccccc1)C2(C)C.[Cl-].[Cl-]. The van der Waals surface area contributed by atoms with Gasteiger partial charge in [0.15, 0.2) is 0 Å². The Morgan fingerprint density at radius 1 is 0.554 bits per heavy atom. The van der Waals surface area contributed by atoms with E-state index in [4.69, 9.17) is 0 Å². The standard InChI is InChI=1S/C29H37.C13H10.C11H9.2ClH.Zr/c1-26(2)9-11-28(5,6)24-16-20-18(14-22(24)26)13-19-15-23-25(17-21(19)20)29(7,8)12-10-27(23,3)4;1-3-7-12(8-4-1)11-13-9-5-2-6-10-13;1-2-6-10(7-3-1)11-8-4-5-9-11;;;/h9,14-17H,10-13H2,1-8H3;1-10H;1-3,6-9H,4H2;2*1H;/q;;;;;+2/p-2. The maximum Gasteiger partial charge on any atom is -1.00 e. The van der Waals surface area contributed by atoms with Gasteiger partial charge >= 0.3 is 335 Å². The summed E-state index contributed by atoms with van der Waals surface area (Å²) in [4.78, 5) is 0. The summed E-state index contributed by atoms with van der Waals surface area (Å²) in [5.41, 5.74) is 18.6. The van der Waals surface area contributed by atoms with Crippen LogP contribution in [0.2, 0.25) is 3.63 Å². The van der Waals surface area contributed by atoms with Crippen LogP contribution in [0.15, 0.2) is 131 Å². The molecule has 0 heterocycles. The van der Waals surface area contributed by atoms with Gasteiger partial charge in [0.25, 0.3) is 0 Å². The van der Waals surface area contributed by atoms with Gasteiger partial charge in [0.05, 0.1) is 0 Å². The van der Waals surface area contributed by atoms with Crippen molar-refractivity contribution in [2.24, 2.45) is 0 Å². The van der Waals surface area contributed by atoms with Gasteiger partial charge < -0.3 is 24.8 Å². The molecule has 9 rings (SSSR count). The van der Waals surface area contributed by atoms with E-state index in [2.05, 4.69) is 183 Å². The molecule has 1 atom stereocenters. The van der Waals surface area contributed by atoms with Crippen LogP contribution in [0.1, 0.15) is 131 Å². The second-order valence-electron chi connectivity index (χ2n) is 19.3. The molecule has 0 radical (unpaired) electrons. The minimum Gasteiger partial charge on any atom is -1.00 e. The number of rotatable bonds is 5. The average Bonchev–Trinajstić information content (AvgIpc) is 3.79. The molecular formula is C53H56Cl2Zr. The van der Waals surface area contributed by atoms with Crippen LogP contribution >= 0.6 is 0 Å². The van der Waals surface area contributed by atoms with Gasteiger partial charge in [-0.1, -0.05) is 0 Å². The van der Waals surface area contributed by atoms with Crippen LogP contribution in [0.4, 0.5) is 0 Å². The Labute approximate surface area is 356 Å². The largest absolute Gasteiger partial charge is 1.00 e. The summed E-state index contributed by atoms with van der Waals surface area (Å²) in [5.74, 6) is 0. The minimum absolute atomic E-state index is 0. The molecule has 0 aliphatic heterocycles. The molecule has 0 aromatic heterocycles. The molecule has 5 aromatic rings. The monoisotopic (exact) mass is 852 g/mol. The third kappa shape index (κ3) is 6.87. The third-order valence-electron chi connectivity index (χ3n) is 14.1. The molecule has 0 fully saturated rings. The summed E-state index contributed by atoms with van der Waals surface area (Å²) in [6, 6.07) is 44.7. The van der Waals surface area contributed by atoms with Crippen LogP contribution < -0.4 is 24.8 Å². The topological polar surface area (TPSA) is 0 Å². The van der Waals surface area contributed by atoms with Crippen LogP contribution in [0.5, 0.6) is 0 Å². The first-order valence-corrected chi connectivity index (χ1v) is 24.3. The molecule has 286 valence electrons. The Bertz CT molecular complexity index is 2350. The van der Waals surface area contributed by atoms with E-state index in [-0.39, 0.29) is 46.5 Å². The van der Waals surface area contributed by atoms with Gasteiger partial charge in [-0.15, -0.1) is 0 Å². The van der Waals surface area contributed by atoms with Crippen molar-refractivity contribution in [2.75, 3.05) is 0 Å². The first-order valence-electron chi connectivity index (χ1n) is 20.4. The van der Waals surface area contributed by atoms with Crippen LogP contribution in [-0.2, 0) is 49.3 Å². The number of benzene rings is 5. The molecule has 0 saturated carbocycles. The van der Waals surface area contributed by atoms with E-state index < -0.39 is 21.3 Å². The summed E-state index contributed by atoms with van der Waals surface area (Å²) in [5, 5.41) is 0. The summed E-state index contributed by atoms with van der Waals surface area (Å²) < 4.78 is 3.98. The first kappa shape index (κ1) is 41.1. The van der Waals surface area contributed by atoms with E-state index >= 15 is 0 Å². The molecule has 0 amide bonds. The fraction of sp³-hybridized carbons (Fsp3) is 0.340. The van der Waals surface area contributed by atoms with E-state index in [1.165, 1.54) is 52.7 Å². The molecule has 4 aliphatic rings. The summed E-state index contributed by atoms with van der Waals surface area (Å²) in [6.07, 6.45) is 11.0. The number of allylic oxidation sites excluding steroid dienone is 4. The molecule has 0 bridgehead atoms. The molecule has 0 saturated heterocycles. The molecular weight excluding hydrogens is 799 g/mol. The van der Waals surface area contributed by atoms with E-state index in [9.17, 15) is 0 Å². The van der Waals surface area contributed by atoms with Crippen LogP contribution in [0, 0.1) is 0 Å². The van der Waals surface area contributed by atoms with E-state index in [1.54, 1.807) is 39.9 Å². The zero-order chi connectivity index (χ0) is 37.6. The van der Waals surface area contributed by atoms with Crippen molar-refractivity contribution in [3.63, 3.8) is 0 Å². The zero-order valence-corrected chi connectivity index (χ0v) is 38.5. The van der Waals surface area contributed by atoms with Gasteiger partial charge in [0, 0.05) is 0 Å². The molecule has 3 heteroatoms. The smallest absolute Gasteiger partial charge is 1.00 e. The minimum atomic E-state index is -2.74. The number of hydrogen-bond acceptors (Lipinski definition) is 0. The average molecular weight is 855 g/mol. The number of hydrogen-bond donors (Lipinski definition) is 0. The van der Waals surface area contributed by atoms with Crippen molar-refractivity contribution in [1.82, 2.24) is 0 Å². The maximum absolute atomic E-state index is 2.74. The number of fused-ring (bicyclic) bond motifs is 5. The van der Waals surface area contributed by atoms with Gasteiger partial charge in [-0.05, 0) is 0 Å². The molecule has 5 aromatic carbocycles. The Balaban J connectivity index is 0.00000240. The normalized spacial score (nSPS) is 19.9. The van der Waals surface area contributed by atoms with E-state index in [1.807, 2.05) is 0 Å². The van der Waals surface area contributed by atoms with Crippen molar-refractivity contribution in [2.45, 2.75) is 113 Å². The molecule has 0 N–H and O–H groups in total. The Morgan fingerprint density at radius 2 is 1.02 bits per heavy atom. The van der Waals surface area contributed by atoms with Gasteiger partial charge in [0.1, 0.15) is 0 Å². The molecule has 0 nitrogen and oxygen atoms in total. The van der Waals surface area contributed by atoms with Crippen molar-refractivity contribution < 1.29 is 46.1 Å². The van der Waals surface area contributed by atoms with Gasteiger partial charge in [-0.25, -0.2) is 0 Å². The zero-order valence-electron chi connectivity index (χ0n) is 34.5. The predicted molar refractivity (Wildman–Crippen MR) is 228 cm³/mol. The fourth-order valence-electron chi connectivity index (χ4n) is 10.7. The van der Waals surface area contributed by atoms with Crippen LogP contribution in [0.3, 0.4) is 0 Å². The second kappa shape index (κ2) is 14.9. The Kier molecular flexibility index (Phi) is 11.0. The molecule has 1 unspecified atom stereocenters. The predicted octanol–water partition coefficient (Wildman–Crippen LogP) is 7.62. The summed E-state index contributed by atoms with van der Waals surface area (Å²) in [7, 11) is 0. The van der Waals surface area contributed by atoms with Crippen molar-refractivity contribution in [1.29, 1.82) is 0 Å². The quantitative estimate of drug-likeness (QED) is 0.168. The van der Waals surface area contributed by atoms with Crippen LogP contribution in [0.25, 0.3) is 16.7 Å². The maximum atomic E-state index is 2.70. The van der Waals surface area contributed by atoms with Gasteiger partial charge in [-0.2, -0.15) is 0 Å². The second-order valence-corrected chi connectivity index (χ2v) is 25.9. The Morgan fingerprint density at radius 3 is 1.55 bits per heavy atom. The fourth-order valence-corrected chi connectivity index (χ4v) is 21.3. The molecule has 4 aliphatic carbocycles. The summed E-state index contributed by atoms with van der Waals surface area (Å²) >= 11 is -2.74. The van der Waals surface area contributed by atoms with Gasteiger partial charge in [0.2, 0.25) is 0 Å². The van der Waals surface area contributed by atoms with Crippen LogP contribution in [-0.4, -0.2) is 3.21 Å². The Hall–Kier alpha value is -3.09.